The molecule has 8 heteroatoms. The molecule has 8 nitrogen and oxygen atoms in total. The number of hydrogen-bond donors (Lipinski definition) is 0. The van der Waals surface area contributed by atoms with Crippen molar-refractivity contribution in [3.8, 4) is 6.07 Å². The molecule has 0 bridgehead atoms. The molecular weight excluding hydrogens is 384 g/mol. The smallest absolute Gasteiger partial charge is 0.348 e. The SMILES string of the molecule is COCCOC(=O)C(C#N)=Cc1cc(C)n(-n2c(C)nc3ccccc3c2=O)c1C. The van der Waals surface area contributed by atoms with Gasteiger partial charge >= 0.3 is 5.97 Å². The number of carbonyl (C=O) groups is 1. The minimum absolute atomic E-state index is 0.0602. The van der Waals surface area contributed by atoms with Crippen LogP contribution in [0.15, 0.2) is 40.7 Å². The van der Waals surface area contributed by atoms with Crippen LogP contribution in [0.3, 0.4) is 0 Å². The highest BCUT2D eigenvalue weighted by Gasteiger charge is 2.17. The molecule has 0 aliphatic carbocycles. The van der Waals surface area contributed by atoms with Crippen molar-refractivity contribution < 1.29 is 14.3 Å². The molecule has 3 rings (SSSR count). The third-order valence-corrected chi connectivity index (χ3v) is 4.71. The maximum Gasteiger partial charge on any atom is 0.348 e. The number of aryl methyl sites for hydroxylation is 2. The molecule has 0 unspecified atom stereocenters. The van der Waals surface area contributed by atoms with Crippen molar-refractivity contribution in [2.75, 3.05) is 20.3 Å². The maximum absolute atomic E-state index is 13.1. The van der Waals surface area contributed by atoms with Crippen molar-refractivity contribution in [3.63, 3.8) is 0 Å². The Kier molecular flexibility index (Phi) is 6.14. The molecule has 0 atom stereocenters. The number of hydrogen-bond acceptors (Lipinski definition) is 6. The van der Waals surface area contributed by atoms with Crippen LogP contribution in [-0.2, 0) is 14.3 Å². The lowest BCUT2D eigenvalue weighted by Crippen LogP contribution is -2.30. The Morgan fingerprint density at radius 3 is 2.63 bits per heavy atom. The molecule has 0 radical (unpaired) electrons. The molecule has 0 fully saturated rings. The fraction of sp³-hybridized carbons (Fsp3) is 0.273. The third-order valence-electron chi connectivity index (χ3n) is 4.71. The van der Waals surface area contributed by atoms with E-state index in [0.29, 0.717) is 28.0 Å². The number of carbonyl (C=O) groups excluding carboxylic acids is 1. The number of nitriles is 1. The minimum atomic E-state index is -0.722. The number of ether oxygens (including phenoxy) is 2. The van der Waals surface area contributed by atoms with Gasteiger partial charge in [-0.2, -0.15) is 9.94 Å². The Balaban J connectivity index is 2.09. The largest absolute Gasteiger partial charge is 0.459 e. The van der Waals surface area contributed by atoms with Crippen molar-refractivity contribution in [2.45, 2.75) is 20.8 Å². The standard InChI is InChI=1S/C22H22N4O4/c1-14-11-17(12-18(13-23)22(28)30-10-9-29-4)15(2)25(14)26-16(3)24-20-8-6-5-7-19(20)21(26)27/h5-8,11-12H,9-10H2,1-4H3. The van der Waals surface area contributed by atoms with Crippen LogP contribution in [-0.4, -0.2) is 40.6 Å². The van der Waals surface area contributed by atoms with E-state index in [1.54, 1.807) is 35.9 Å². The van der Waals surface area contributed by atoms with Gasteiger partial charge in [-0.15, -0.1) is 0 Å². The Hall–Kier alpha value is -3.70. The maximum atomic E-state index is 13.1. The summed E-state index contributed by atoms with van der Waals surface area (Å²) < 4.78 is 13.1. The molecular formula is C22H22N4O4. The zero-order chi connectivity index (χ0) is 21.8. The van der Waals surface area contributed by atoms with E-state index < -0.39 is 5.97 Å². The van der Waals surface area contributed by atoms with Gasteiger partial charge in [-0.05, 0) is 50.6 Å². The fourth-order valence-corrected chi connectivity index (χ4v) is 3.29. The first-order chi connectivity index (χ1) is 14.4. The average molecular weight is 406 g/mol. The summed E-state index contributed by atoms with van der Waals surface area (Å²) in [6.07, 6.45) is 1.46. The van der Waals surface area contributed by atoms with E-state index in [1.165, 1.54) is 17.9 Å². The molecule has 0 N–H and O–H groups in total. The van der Waals surface area contributed by atoms with E-state index in [2.05, 4.69) is 4.98 Å². The van der Waals surface area contributed by atoms with Crippen molar-refractivity contribution >= 4 is 22.9 Å². The van der Waals surface area contributed by atoms with E-state index >= 15 is 0 Å². The molecule has 30 heavy (non-hydrogen) atoms. The second kappa shape index (κ2) is 8.76. The molecule has 0 spiro atoms. The molecule has 0 amide bonds. The van der Waals surface area contributed by atoms with Gasteiger partial charge in [-0.3, -0.25) is 9.47 Å². The van der Waals surface area contributed by atoms with Gasteiger partial charge in [-0.25, -0.2) is 9.78 Å². The van der Waals surface area contributed by atoms with Crippen LogP contribution in [0.5, 0.6) is 0 Å². The Bertz CT molecular complexity index is 1240. The highest BCUT2D eigenvalue weighted by atomic mass is 16.6. The van der Waals surface area contributed by atoms with Crippen LogP contribution >= 0.6 is 0 Å². The summed E-state index contributed by atoms with van der Waals surface area (Å²) in [5.41, 5.74) is 2.37. The minimum Gasteiger partial charge on any atom is -0.459 e. The molecule has 2 heterocycles. The van der Waals surface area contributed by atoms with Crippen LogP contribution < -0.4 is 5.56 Å². The van der Waals surface area contributed by atoms with Gasteiger partial charge in [0.2, 0.25) is 0 Å². The lowest BCUT2D eigenvalue weighted by atomic mass is 10.1. The van der Waals surface area contributed by atoms with Gasteiger partial charge in [0.15, 0.2) is 0 Å². The van der Waals surface area contributed by atoms with Gasteiger partial charge in [-0.1, -0.05) is 12.1 Å². The number of nitrogens with zero attached hydrogens (tertiary/aromatic N) is 4. The lowest BCUT2D eigenvalue weighted by Gasteiger charge is -2.16. The Labute approximate surface area is 173 Å². The van der Waals surface area contributed by atoms with Crippen molar-refractivity contribution in [3.05, 3.63) is 69.0 Å². The summed E-state index contributed by atoms with van der Waals surface area (Å²) in [6.45, 7) is 5.72. The van der Waals surface area contributed by atoms with Crippen molar-refractivity contribution in [1.82, 2.24) is 14.3 Å². The zero-order valence-electron chi connectivity index (χ0n) is 17.3. The third kappa shape index (κ3) is 3.88. The number of rotatable bonds is 6. The molecule has 1 aromatic carbocycles. The van der Waals surface area contributed by atoms with Crippen LogP contribution in [0.2, 0.25) is 0 Å². The number of aromatic nitrogens is 3. The number of methoxy groups -OCH3 is 1. The monoisotopic (exact) mass is 406 g/mol. The zero-order valence-corrected chi connectivity index (χ0v) is 17.3. The topological polar surface area (TPSA) is 99.1 Å². The van der Waals surface area contributed by atoms with Crippen molar-refractivity contribution in [2.24, 2.45) is 0 Å². The van der Waals surface area contributed by atoms with Gasteiger partial charge < -0.3 is 9.47 Å². The van der Waals surface area contributed by atoms with Gasteiger partial charge in [0.25, 0.3) is 5.56 Å². The molecule has 154 valence electrons. The summed E-state index contributed by atoms with van der Waals surface area (Å²) in [5.74, 6) is -0.199. The Morgan fingerprint density at radius 1 is 1.20 bits per heavy atom. The van der Waals surface area contributed by atoms with Gasteiger partial charge in [0.05, 0.1) is 17.5 Å². The number of para-hydroxylation sites is 1. The van der Waals surface area contributed by atoms with E-state index in [1.807, 2.05) is 26.0 Å². The molecule has 0 aliphatic rings. The summed E-state index contributed by atoms with van der Waals surface area (Å²) in [7, 11) is 1.50. The molecule has 0 saturated carbocycles. The fourth-order valence-electron chi connectivity index (χ4n) is 3.29. The molecule has 0 saturated heterocycles. The summed E-state index contributed by atoms with van der Waals surface area (Å²) in [6, 6.07) is 10.8. The summed E-state index contributed by atoms with van der Waals surface area (Å²) >= 11 is 0. The first-order valence-electron chi connectivity index (χ1n) is 9.35. The van der Waals surface area contributed by atoms with E-state index in [9.17, 15) is 14.9 Å². The number of fused-ring (bicyclic) bond motifs is 1. The summed E-state index contributed by atoms with van der Waals surface area (Å²) in [4.78, 5) is 29.8. The van der Waals surface area contributed by atoms with E-state index in [0.717, 1.165) is 5.69 Å². The quantitative estimate of drug-likeness (QED) is 0.270. The van der Waals surface area contributed by atoms with Crippen molar-refractivity contribution in [1.29, 1.82) is 5.26 Å². The van der Waals surface area contributed by atoms with Crippen LogP contribution in [0, 0.1) is 32.1 Å². The number of benzene rings is 1. The highest BCUT2D eigenvalue weighted by molar-refractivity contribution is 5.98. The number of esters is 1. The highest BCUT2D eigenvalue weighted by Crippen LogP contribution is 2.20. The van der Waals surface area contributed by atoms with E-state index in [4.69, 9.17) is 9.47 Å². The summed E-state index contributed by atoms with van der Waals surface area (Å²) in [5, 5.41) is 9.89. The molecule has 0 aliphatic heterocycles. The molecule has 3 aromatic rings. The van der Waals surface area contributed by atoms with Gasteiger partial charge in [0, 0.05) is 18.5 Å². The second-order valence-corrected chi connectivity index (χ2v) is 6.73. The second-order valence-electron chi connectivity index (χ2n) is 6.73. The van der Waals surface area contributed by atoms with E-state index in [-0.39, 0.29) is 24.3 Å². The van der Waals surface area contributed by atoms with Crippen LogP contribution in [0.25, 0.3) is 17.0 Å². The van der Waals surface area contributed by atoms with Crippen LogP contribution in [0.4, 0.5) is 0 Å². The Morgan fingerprint density at radius 2 is 1.93 bits per heavy atom. The van der Waals surface area contributed by atoms with Crippen LogP contribution in [0.1, 0.15) is 22.8 Å². The normalized spacial score (nSPS) is 11.5. The predicted octanol–water partition coefficient (Wildman–Crippen LogP) is 2.53. The average Bonchev–Trinajstić information content (AvgIpc) is 2.99. The first kappa shape index (κ1) is 21.0. The molecule has 2 aromatic heterocycles. The van der Waals surface area contributed by atoms with Gasteiger partial charge in [0.1, 0.15) is 24.1 Å². The first-order valence-corrected chi connectivity index (χ1v) is 9.35. The predicted molar refractivity (Wildman–Crippen MR) is 112 cm³/mol. The lowest BCUT2D eigenvalue weighted by molar-refractivity contribution is -0.139.